The predicted octanol–water partition coefficient (Wildman–Crippen LogP) is 2.88. The molecule has 5 nitrogen and oxygen atoms in total. The second-order valence-electron chi connectivity index (χ2n) is 7.92. The number of piperidine rings is 2. The maximum atomic E-state index is 13.2. The van der Waals surface area contributed by atoms with Crippen molar-refractivity contribution in [3.05, 3.63) is 53.1 Å². The quantitative estimate of drug-likeness (QED) is 0.831. The number of rotatable bonds is 4. The normalized spacial score (nSPS) is 23.5. The van der Waals surface area contributed by atoms with Crippen molar-refractivity contribution in [3.8, 4) is 0 Å². The van der Waals surface area contributed by atoms with Crippen LogP contribution in [-0.2, 0) is 24.9 Å². The first-order valence-electron chi connectivity index (χ1n) is 9.75. The molecule has 2 atom stereocenters. The molecule has 0 bridgehead atoms. The molecule has 0 saturated carbocycles. The van der Waals surface area contributed by atoms with Crippen LogP contribution in [0.1, 0.15) is 36.1 Å². The fraction of sp³-hybridized carbons (Fsp3) is 0.524. The number of hydrogen-bond donors (Lipinski definition) is 0. The molecule has 3 heterocycles. The van der Waals surface area contributed by atoms with Crippen molar-refractivity contribution < 1.29 is 9.18 Å². The number of nitrogens with zero attached hydrogens (tertiary/aromatic N) is 4. The van der Waals surface area contributed by atoms with Gasteiger partial charge in [0, 0.05) is 56.9 Å². The summed E-state index contributed by atoms with van der Waals surface area (Å²) in [5.41, 5.74) is 3.50. The maximum Gasteiger partial charge on any atom is 0.223 e. The number of halogens is 1. The molecule has 2 fully saturated rings. The van der Waals surface area contributed by atoms with Gasteiger partial charge in [-0.15, -0.1) is 0 Å². The summed E-state index contributed by atoms with van der Waals surface area (Å²) in [6.07, 6.45) is 4.54. The van der Waals surface area contributed by atoms with Crippen LogP contribution in [0, 0.1) is 18.7 Å². The number of amides is 1. The number of likely N-dealkylation sites (tertiary alicyclic amines) is 2. The van der Waals surface area contributed by atoms with Gasteiger partial charge in [0.05, 0.1) is 6.20 Å². The summed E-state index contributed by atoms with van der Waals surface area (Å²) in [5.74, 6) is 0.506. The topological polar surface area (TPSA) is 41.4 Å². The van der Waals surface area contributed by atoms with Gasteiger partial charge in [0.25, 0.3) is 0 Å². The Hall–Kier alpha value is -2.21. The zero-order valence-corrected chi connectivity index (χ0v) is 16.1. The minimum Gasteiger partial charge on any atom is -0.335 e. The Morgan fingerprint density at radius 3 is 2.67 bits per heavy atom. The van der Waals surface area contributed by atoms with Gasteiger partial charge in [0.15, 0.2) is 0 Å². The molecule has 2 aromatic rings. The summed E-state index contributed by atoms with van der Waals surface area (Å²) in [5, 5.41) is 4.35. The zero-order chi connectivity index (χ0) is 19.0. The van der Waals surface area contributed by atoms with Crippen LogP contribution in [-0.4, -0.2) is 44.6 Å². The van der Waals surface area contributed by atoms with Crippen molar-refractivity contribution in [2.45, 2.75) is 45.3 Å². The molecule has 1 aromatic carbocycles. The van der Waals surface area contributed by atoms with Crippen molar-refractivity contribution in [1.29, 1.82) is 0 Å². The van der Waals surface area contributed by atoms with Gasteiger partial charge in [-0.2, -0.15) is 5.10 Å². The molecule has 2 aliphatic rings. The summed E-state index contributed by atoms with van der Waals surface area (Å²) in [6, 6.07) is 6.81. The summed E-state index contributed by atoms with van der Waals surface area (Å²) in [4.78, 5) is 17.1. The van der Waals surface area contributed by atoms with Crippen LogP contribution >= 0.6 is 0 Å². The fourth-order valence-electron chi connectivity index (χ4n) is 4.50. The molecule has 2 saturated heterocycles. The third-order valence-electron chi connectivity index (χ3n) is 6.22. The third-order valence-corrected chi connectivity index (χ3v) is 6.22. The van der Waals surface area contributed by atoms with E-state index in [1.54, 1.807) is 12.1 Å². The predicted molar refractivity (Wildman–Crippen MR) is 101 cm³/mol. The number of aromatic nitrogens is 2. The fourth-order valence-corrected chi connectivity index (χ4v) is 4.50. The lowest BCUT2D eigenvalue weighted by molar-refractivity contribution is -0.142. The lowest BCUT2D eigenvalue weighted by Crippen LogP contribution is -2.55. The van der Waals surface area contributed by atoms with Crippen molar-refractivity contribution >= 4 is 5.91 Å². The molecule has 0 radical (unpaired) electrons. The van der Waals surface area contributed by atoms with E-state index in [0.29, 0.717) is 24.9 Å². The molecule has 4 rings (SSSR count). The average molecular weight is 370 g/mol. The van der Waals surface area contributed by atoms with Gasteiger partial charge in [-0.25, -0.2) is 4.39 Å². The Morgan fingerprint density at radius 1 is 1.19 bits per heavy atom. The van der Waals surface area contributed by atoms with Crippen molar-refractivity contribution in [2.75, 3.05) is 13.1 Å². The first-order chi connectivity index (χ1) is 13.0. The Morgan fingerprint density at radius 2 is 1.96 bits per heavy atom. The molecular weight excluding hydrogens is 343 g/mol. The molecule has 2 aliphatic heterocycles. The number of carbonyl (C=O) groups excluding carboxylic acids is 1. The average Bonchev–Trinajstić information content (AvgIpc) is 2.98. The minimum atomic E-state index is -0.236. The largest absolute Gasteiger partial charge is 0.335 e. The van der Waals surface area contributed by atoms with Gasteiger partial charge < -0.3 is 4.90 Å². The van der Waals surface area contributed by atoms with E-state index in [1.165, 1.54) is 23.4 Å². The number of benzene rings is 1. The molecular formula is C21H27FN4O. The van der Waals surface area contributed by atoms with Gasteiger partial charge in [-0.05, 0) is 43.4 Å². The number of hydrogen-bond acceptors (Lipinski definition) is 3. The summed E-state index contributed by atoms with van der Waals surface area (Å²) in [6.45, 7) is 5.63. The summed E-state index contributed by atoms with van der Waals surface area (Å²) in [7, 11) is 1.98. The Kier molecular flexibility index (Phi) is 5.00. The third kappa shape index (κ3) is 3.76. The van der Waals surface area contributed by atoms with Crippen LogP contribution in [0.25, 0.3) is 0 Å². The van der Waals surface area contributed by atoms with Crippen LogP contribution in [0.2, 0.25) is 0 Å². The van der Waals surface area contributed by atoms with E-state index in [2.05, 4.69) is 16.9 Å². The molecule has 27 heavy (non-hydrogen) atoms. The molecule has 6 heteroatoms. The van der Waals surface area contributed by atoms with Crippen LogP contribution < -0.4 is 0 Å². The second kappa shape index (κ2) is 7.43. The number of aryl methyl sites for hydroxylation is 1. The molecule has 0 N–H and O–H groups in total. The van der Waals surface area contributed by atoms with Gasteiger partial charge in [-0.1, -0.05) is 12.1 Å². The van der Waals surface area contributed by atoms with Crippen molar-refractivity contribution in [2.24, 2.45) is 13.0 Å². The summed E-state index contributed by atoms with van der Waals surface area (Å²) < 4.78 is 15.1. The zero-order valence-electron chi connectivity index (χ0n) is 16.1. The minimum absolute atomic E-state index is 0.233. The van der Waals surface area contributed by atoms with E-state index in [1.807, 2.05) is 22.8 Å². The molecule has 0 spiro atoms. The molecule has 1 amide bonds. The van der Waals surface area contributed by atoms with E-state index >= 15 is 0 Å². The number of fused-ring (bicyclic) bond motifs is 1. The van der Waals surface area contributed by atoms with E-state index in [-0.39, 0.29) is 11.7 Å². The highest BCUT2D eigenvalue weighted by atomic mass is 19.1. The lowest BCUT2D eigenvalue weighted by atomic mass is 9.83. The molecule has 1 aromatic heterocycles. The van der Waals surface area contributed by atoms with Crippen LogP contribution in [0.15, 0.2) is 30.5 Å². The molecule has 0 unspecified atom stereocenters. The van der Waals surface area contributed by atoms with Crippen LogP contribution in [0.4, 0.5) is 4.39 Å². The summed E-state index contributed by atoms with van der Waals surface area (Å²) >= 11 is 0. The molecule has 144 valence electrons. The maximum absolute atomic E-state index is 13.2. The van der Waals surface area contributed by atoms with Crippen molar-refractivity contribution in [3.63, 3.8) is 0 Å². The van der Waals surface area contributed by atoms with Gasteiger partial charge in [0.1, 0.15) is 5.82 Å². The van der Waals surface area contributed by atoms with E-state index < -0.39 is 0 Å². The highest BCUT2D eigenvalue weighted by Gasteiger charge is 2.39. The van der Waals surface area contributed by atoms with Crippen molar-refractivity contribution in [1.82, 2.24) is 19.6 Å². The highest BCUT2D eigenvalue weighted by Crippen LogP contribution is 2.33. The highest BCUT2D eigenvalue weighted by molar-refractivity contribution is 5.77. The van der Waals surface area contributed by atoms with E-state index in [0.717, 1.165) is 38.0 Å². The van der Waals surface area contributed by atoms with Gasteiger partial charge in [0.2, 0.25) is 5.91 Å². The van der Waals surface area contributed by atoms with Crippen LogP contribution in [0.5, 0.6) is 0 Å². The monoisotopic (exact) mass is 370 g/mol. The van der Waals surface area contributed by atoms with Gasteiger partial charge in [-0.3, -0.25) is 14.4 Å². The van der Waals surface area contributed by atoms with E-state index in [9.17, 15) is 9.18 Å². The van der Waals surface area contributed by atoms with Crippen LogP contribution in [0.3, 0.4) is 0 Å². The lowest BCUT2D eigenvalue weighted by Gasteiger charge is -2.47. The Bertz CT molecular complexity index is 816. The SMILES string of the molecule is Cc1c(CN2CC[C@H]3[C@H](CCC(=O)N3Cc3ccc(F)cc3)C2)cnn1C. The number of carbonyl (C=O) groups is 1. The smallest absolute Gasteiger partial charge is 0.223 e. The standard InChI is InChI=1S/C21H27FN4O/c1-15-18(11-23-24(15)2)14-25-10-9-20-17(13-25)5-8-21(27)26(20)12-16-3-6-19(22)7-4-16/h3-4,6-7,11,17,20H,5,8-10,12-14H2,1-2H3/t17-,20+/m1/s1. The van der Waals surface area contributed by atoms with Gasteiger partial charge >= 0.3 is 0 Å². The first-order valence-corrected chi connectivity index (χ1v) is 9.75. The second-order valence-corrected chi connectivity index (χ2v) is 7.92. The Balaban J connectivity index is 1.43. The van der Waals surface area contributed by atoms with E-state index in [4.69, 9.17) is 0 Å². The Labute approximate surface area is 159 Å². The molecule has 0 aliphatic carbocycles. The first kappa shape index (κ1) is 18.2.